The first-order chi connectivity index (χ1) is 15.0. The summed E-state index contributed by atoms with van der Waals surface area (Å²) in [4.78, 5) is 41.6. The van der Waals surface area contributed by atoms with E-state index in [0.29, 0.717) is 34.5 Å². The summed E-state index contributed by atoms with van der Waals surface area (Å²) in [5, 5.41) is 0.395. The first-order valence-electron chi connectivity index (χ1n) is 9.34. The van der Waals surface area contributed by atoms with Crippen LogP contribution < -0.4 is 10.2 Å². The lowest BCUT2D eigenvalue weighted by Gasteiger charge is -2.05. The summed E-state index contributed by atoms with van der Waals surface area (Å²) < 4.78 is 18.1. The Morgan fingerprint density at radius 2 is 1.94 bits per heavy atom. The Bertz CT molecular complexity index is 1430. The average Bonchev–Trinajstić information content (AvgIpc) is 3.12. The van der Waals surface area contributed by atoms with Crippen LogP contribution in [-0.2, 0) is 16.0 Å². The summed E-state index contributed by atoms with van der Waals surface area (Å²) in [5.41, 5.74) is 1.20. The molecule has 4 aromatic rings. The molecule has 31 heavy (non-hydrogen) atoms. The second-order valence-corrected chi connectivity index (χ2v) is 7.60. The van der Waals surface area contributed by atoms with E-state index in [2.05, 4.69) is 4.99 Å². The topological polar surface area (TPSA) is 100 Å². The van der Waals surface area contributed by atoms with Gasteiger partial charge in [0.05, 0.1) is 34.9 Å². The van der Waals surface area contributed by atoms with Crippen LogP contribution >= 0.6 is 11.3 Å². The van der Waals surface area contributed by atoms with Gasteiger partial charge >= 0.3 is 11.9 Å². The predicted octanol–water partition coefficient (Wildman–Crippen LogP) is 2.98. The quantitative estimate of drug-likeness (QED) is 0.444. The fourth-order valence-corrected chi connectivity index (χ4v) is 4.25. The van der Waals surface area contributed by atoms with Gasteiger partial charge in [0.2, 0.25) is 0 Å². The smallest absolute Gasteiger partial charge is 0.337 e. The number of aromatic nitrogens is 1. The molecule has 2 aromatic heterocycles. The van der Waals surface area contributed by atoms with Crippen molar-refractivity contribution in [3.05, 3.63) is 74.9 Å². The molecule has 0 fully saturated rings. The molecule has 0 aliphatic carbocycles. The minimum absolute atomic E-state index is 0.144. The molecule has 0 saturated heterocycles. The van der Waals surface area contributed by atoms with Crippen molar-refractivity contribution in [1.82, 2.24) is 4.57 Å². The van der Waals surface area contributed by atoms with Gasteiger partial charge in [-0.15, -0.1) is 0 Å². The number of carbonyl (C=O) groups is 2. The monoisotopic (exact) mass is 438 g/mol. The van der Waals surface area contributed by atoms with Crippen molar-refractivity contribution in [2.45, 2.75) is 6.54 Å². The van der Waals surface area contributed by atoms with Gasteiger partial charge in [-0.3, -0.25) is 9.59 Å². The Kier molecular flexibility index (Phi) is 5.79. The highest BCUT2D eigenvalue weighted by Crippen LogP contribution is 2.20. The SMILES string of the molecule is COCCn1c(=NC(=O)c2cc(=O)c3ccccc3o2)sc2cc(C(=O)OC)ccc21. The van der Waals surface area contributed by atoms with Gasteiger partial charge in [0.15, 0.2) is 16.0 Å². The number of fused-ring (bicyclic) bond motifs is 2. The second-order valence-electron chi connectivity index (χ2n) is 6.59. The first kappa shape index (κ1) is 20.7. The fourth-order valence-electron chi connectivity index (χ4n) is 3.15. The van der Waals surface area contributed by atoms with Crippen molar-refractivity contribution in [2.75, 3.05) is 20.8 Å². The Morgan fingerprint density at radius 3 is 2.71 bits per heavy atom. The number of thiazole rings is 1. The molecule has 0 aliphatic heterocycles. The molecule has 0 atom stereocenters. The van der Waals surface area contributed by atoms with Crippen molar-refractivity contribution in [1.29, 1.82) is 0 Å². The van der Waals surface area contributed by atoms with E-state index in [4.69, 9.17) is 13.9 Å². The lowest BCUT2D eigenvalue weighted by atomic mass is 10.2. The zero-order chi connectivity index (χ0) is 22.0. The number of nitrogens with zero attached hydrogens (tertiary/aromatic N) is 2. The molecular weight excluding hydrogens is 420 g/mol. The molecule has 0 saturated carbocycles. The highest BCUT2D eigenvalue weighted by Gasteiger charge is 2.15. The van der Waals surface area contributed by atoms with Crippen LogP contribution in [-0.4, -0.2) is 37.3 Å². The Morgan fingerprint density at radius 1 is 1.13 bits per heavy atom. The number of ether oxygens (including phenoxy) is 2. The average molecular weight is 438 g/mol. The van der Waals surface area contributed by atoms with Crippen LogP contribution in [0.25, 0.3) is 21.2 Å². The highest BCUT2D eigenvalue weighted by molar-refractivity contribution is 7.16. The lowest BCUT2D eigenvalue weighted by Crippen LogP contribution is -2.19. The normalized spacial score (nSPS) is 11.9. The van der Waals surface area contributed by atoms with Crippen LogP contribution in [0.5, 0.6) is 0 Å². The van der Waals surface area contributed by atoms with Crippen LogP contribution in [0.15, 0.2) is 62.7 Å². The molecule has 8 nitrogen and oxygen atoms in total. The molecular formula is C22H18N2O6S. The molecule has 1 amide bonds. The van der Waals surface area contributed by atoms with Gasteiger partial charge in [-0.1, -0.05) is 23.5 Å². The molecule has 0 radical (unpaired) electrons. The molecule has 158 valence electrons. The number of esters is 1. The molecule has 0 aliphatic rings. The standard InChI is InChI=1S/C22H18N2O6S/c1-28-10-9-24-15-8-7-13(21(27)29-2)11-19(15)31-22(24)23-20(26)18-12-16(25)14-5-3-4-6-17(14)30-18/h3-8,11-12H,9-10H2,1-2H3. The number of hydrogen-bond donors (Lipinski definition) is 0. The molecule has 0 spiro atoms. The van der Waals surface area contributed by atoms with Crippen molar-refractivity contribution >= 4 is 44.4 Å². The number of methoxy groups -OCH3 is 2. The molecule has 9 heteroatoms. The minimum Gasteiger partial charge on any atom is -0.465 e. The van der Waals surface area contributed by atoms with E-state index in [0.717, 1.165) is 16.3 Å². The predicted molar refractivity (Wildman–Crippen MR) is 115 cm³/mol. The summed E-state index contributed by atoms with van der Waals surface area (Å²) >= 11 is 1.24. The van der Waals surface area contributed by atoms with Crippen LogP contribution in [0.4, 0.5) is 0 Å². The third-order valence-corrected chi connectivity index (χ3v) is 5.71. The Labute approximate surface area is 180 Å². The number of para-hydroxylation sites is 1. The van der Waals surface area contributed by atoms with Crippen LogP contribution in [0.3, 0.4) is 0 Å². The van der Waals surface area contributed by atoms with Crippen LogP contribution in [0.2, 0.25) is 0 Å². The number of carbonyl (C=O) groups excluding carboxylic acids is 2. The van der Waals surface area contributed by atoms with E-state index >= 15 is 0 Å². The number of hydrogen-bond acceptors (Lipinski definition) is 7. The highest BCUT2D eigenvalue weighted by atomic mass is 32.1. The summed E-state index contributed by atoms with van der Waals surface area (Å²) in [6, 6.07) is 13.0. The largest absolute Gasteiger partial charge is 0.465 e. The zero-order valence-corrected chi connectivity index (χ0v) is 17.6. The molecule has 2 heterocycles. The van der Waals surface area contributed by atoms with Crippen molar-refractivity contribution < 1.29 is 23.5 Å². The van der Waals surface area contributed by atoms with E-state index in [1.54, 1.807) is 49.6 Å². The molecule has 0 unspecified atom stereocenters. The summed E-state index contributed by atoms with van der Waals surface area (Å²) in [6.45, 7) is 0.846. The number of amides is 1. The Hall–Kier alpha value is -3.56. The number of benzene rings is 2. The maximum atomic E-state index is 12.8. The van der Waals surface area contributed by atoms with E-state index in [9.17, 15) is 14.4 Å². The van der Waals surface area contributed by atoms with Crippen molar-refractivity contribution in [3.63, 3.8) is 0 Å². The van der Waals surface area contributed by atoms with Crippen molar-refractivity contribution in [2.24, 2.45) is 4.99 Å². The van der Waals surface area contributed by atoms with E-state index in [1.807, 2.05) is 4.57 Å². The van der Waals surface area contributed by atoms with Gasteiger partial charge in [-0.2, -0.15) is 4.99 Å². The van der Waals surface area contributed by atoms with E-state index in [1.165, 1.54) is 18.4 Å². The third-order valence-electron chi connectivity index (χ3n) is 4.67. The van der Waals surface area contributed by atoms with Gasteiger partial charge in [-0.05, 0) is 30.3 Å². The lowest BCUT2D eigenvalue weighted by molar-refractivity contribution is 0.0600. The second kappa shape index (κ2) is 8.66. The summed E-state index contributed by atoms with van der Waals surface area (Å²) in [6.07, 6.45) is 0. The summed E-state index contributed by atoms with van der Waals surface area (Å²) in [5.74, 6) is -1.27. The van der Waals surface area contributed by atoms with Gasteiger partial charge in [0, 0.05) is 19.7 Å². The summed E-state index contributed by atoms with van der Waals surface area (Å²) in [7, 11) is 2.90. The zero-order valence-electron chi connectivity index (χ0n) is 16.8. The maximum absolute atomic E-state index is 12.8. The maximum Gasteiger partial charge on any atom is 0.337 e. The molecule has 2 aromatic carbocycles. The molecule has 4 rings (SSSR count). The van der Waals surface area contributed by atoms with Crippen LogP contribution in [0.1, 0.15) is 20.9 Å². The van der Waals surface area contributed by atoms with E-state index in [-0.39, 0.29) is 11.2 Å². The third kappa shape index (κ3) is 4.05. The van der Waals surface area contributed by atoms with Gasteiger partial charge in [0.1, 0.15) is 5.58 Å². The van der Waals surface area contributed by atoms with Gasteiger partial charge < -0.3 is 18.5 Å². The van der Waals surface area contributed by atoms with Crippen molar-refractivity contribution in [3.8, 4) is 0 Å². The van der Waals surface area contributed by atoms with Crippen LogP contribution in [0, 0.1) is 0 Å². The van der Waals surface area contributed by atoms with E-state index < -0.39 is 11.9 Å². The molecule has 0 N–H and O–H groups in total. The van der Waals surface area contributed by atoms with Gasteiger partial charge in [-0.25, -0.2) is 4.79 Å². The first-order valence-corrected chi connectivity index (χ1v) is 10.2. The number of rotatable bonds is 5. The Balaban J connectivity index is 1.84. The van der Waals surface area contributed by atoms with Gasteiger partial charge in [0.25, 0.3) is 0 Å². The molecule has 0 bridgehead atoms. The fraction of sp³-hybridized carbons (Fsp3) is 0.182. The minimum atomic E-state index is -0.672.